The Morgan fingerprint density at radius 2 is 2.00 bits per heavy atom. The Hall–Kier alpha value is -0.740. The first-order chi connectivity index (χ1) is 8.20. The number of halogens is 2. The van der Waals surface area contributed by atoms with Crippen LogP contribution in [0.5, 0.6) is 0 Å². The van der Waals surface area contributed by atoms with E-state index in [2.05, 4.69) is 4.98 Å². The van der Waals surface area contributed by atoms with Gasteiger partial charge in [-0.2, -0.15) is 0 Å². The molecule has 0 aliphatic heterocycles. The molecule has 0 unspecified atom stereocenters. The lowest BCUT2D eigenvalue weighted by atomic mass is 10.3. The van der Waals surface area contributed by atoms with Crippen LogP contribution in [0.1, 0.15) is 5.56 Å². The average Bonchev–Trinajstić information content (AvgIpc) is 2.34. The molecule has 0 fully saturated rings. The van der Waals surface area contributed by atoms with Crippen molar-refractivity contribution in [1.82, 2.24) is 4.98 Å². The zero-order valence-corrected chi connectivity index (χ0v) is 11.1. The van der Waals surface area contributed by atoms with Gasteiger partial charge in [0.1, 0.15) is 5.03 Å². The summed E-state index contributed by atoms with van der Waals surface area (Å²) in [5.74, 6) is 0. The molecule has 17 heavy (non-hydrogen) atoms. The van der Waals surface area contributed by atoms with Crippen molar-refractivity contribution in [3.05, 3.63) is 52.1 Å². The predicted octanol–water partition coefficient (Wildman–Crippen LogP) is 4.03. The summed E-state index contributed by atoms with van der Waals surface area (Å²) in [6.07, 6.45) is 1.69. The smallest absolute Gasteiger partial charge is 0.106 e. The van der Waals surface area contributed by atoms with Gasteiger partial charge in [-0.15, -0.1) is 0 Å². The van der Waals surface area contributed by atoms with Crippen molar-refractivity contribution in [1.29, 1.82) is 0 Å². The Balaban J connectivity index is 2.28. The lowest BCUT2D eigenvalue weighted by Gasteiger charge is -2.06. The third kappa shape index (κ3) is 3.13. The second-order valence-electron chi connectivity index (χ2n) is 3.30. The molecule has 1 N–H and O–H groups in total. The molecule has 0 amide bonds. The molecule has 1 aromatic carbocycles. The molecule has 0 saturated heterocycles. The number of hydrogen-bond acceptors (Lipinski definition) is 3. The third-order valence-electron chi connectivity index (χ3n) is 2.13. The van der Waals surface area contributed by atoms with Crippen molar-refractivity contribution in [2.24, 2.45) is 0 Å². The summed E-state index contributed by atoms with van der Waals surface area (Å²) in [5.41, 5.74) is 0.795. The fourth-order valence-corrected chi connectivity index (χ4v) is 2.56. The van der Waals surface area contributed by atoms with E-state index in [1.807, 2.05) is 12.1 Å². The molecule has 0 radical (unpaired) electrons. The molecular weight excluding hydrogens is 277 g/mol. The van der Waals surface area contributed by atoms with Crippen LogP contribution in [0, 0.1) is 0 Å². The monoisotopic (exact) mass is 285 g/mol. The largest absolute Gasteiger partial charge is 0.392 e. The van der Waals surface area contributed by atoms with E-state index in [1.54, 1.807) is 24.4 Å². The van der Waals surface area contributed by atoms with Gasteiger partial charge >= 0.3 is 0 Å². The molecule has 2 aromatic rings. The maximum atomic E-state index is 9.19. The number of aliphatic hydroxyl groups excluding tert-OH is 1. The van der Waals surface area contributed by atoms with Crippen molar-refractivity contribution in [2.75, 3.05) is 0 Å². The van der Waals surface area contributed by atoms with Crippen molar-refractivity contribution in [3.63, 3.8) is 0 Å². The first kappa shape index (κ1) is 12.7. The van der Waals surface area contributed by atoms with Gasteiger partial charge in [0.25, 0.3) is 0 Å². The quantitative estimate of drug-likeness (QED) is 0.924. The molecule has 0 atom stereocenters. The zero-order valence-electron chi connectivity index (χ0n) is 8.73. The second-order valence-corrected chi connectivity index (χ2v) is 5.18. The second kappa shape index (κ2) is 5.74. The van der Waals surface area contributed by atoms with Gasteiger partial charge in [-0.25, -0.2) is 4.98 Å². The van der Waals surface area contributed by atoms with Crippen molar-refractivity contribution in [3.8, 4) is 0 Å². The third-order valence-corrected chi connectivity index (χ3v) is 3.92. The van der Waals surface area contributed by atoms with E-state index in [0.717, 1.165) is 15.5 Å². The normalized spacial score (nSPS) is 10.5. The van der Waals surface area contributed by atoms with Gasteiger partial charge in [-0.3, -0.25) is 0 Å². The number of aromatic nitrogens is 1. The SMILES string of the molecule is OCc1cccnc1Sc1ccc(Cl)c(Cl)c1. The van der Waals surface area contributed by atoms with Crippen LogP contribution in [0.15, 0.2) is 46.5 Å². The van der Waals surface area contributed by atoms with Crippen molar-refractivity contribution >= 4 is 35.0 Å². The molecule has 5 heteroatoms. The Kier molecular flexibility index (Phi) is 4.29. The van der Waals surface area contributed by atoms with Gasteiger partial charge < -0.3 is 5.11 Å². The Morgan fingerprint density at radius 1 is 1.18 bits per heavy atom. The Bertz CT molecular complexity index is 534. The zero-order chi connectivity index (χ0) is 12.3. The molecular formula is C12H9Cl2NOS. The lowest BCUT2D eigenvalue weighted by molar-refractivity contribution is 0.278. The van der Waals surface area contributed by atoms with Crippen LogP contribution in [-0.4, -0.2) is 10.1 Å². The fourth-order valence-electron chi connectivity index (χ4n) is 1.29. The number of nitrogens with zero attached hydrogens (tertiary/aromatic N) is 1. The van der Waals surface area contributed by atoms with Gasteiger partial charge in [-0.05, 0) is 24.3 Å². The Labute approximate surface area is 114 Å². The standard InChI is InChI=1S/C12H9Cl2NOS/c13-10-4-3-9(6-11(10)14)17-12-8(7-16)2-1-5-15-12/h1-6,16H,7H2. The highest BCUT2D eigenvalue weighted by Crippen LogP contribution is 2.32. The fraction of sp³-hybridized carbons (Fsp3) is 0.0833. The number of benzene rings is 1. The van der Waals surface area contributed by atoms with Crippen LogP contribution in [0.2, 0.25) is 10.0 Å². The van der Waals surface area contributed by atoms with Crippen LogP contribution in [0.4, 0.5) is 0 Å². The van der Waals surface area contributed by atoms with Gasteiger partial charge in [0, 0.05) is 16.7 Å². The van der Waals surface area contributed by atoms with E-state index in [0.29, 0.717) is 10.0 Å². The van der Waals surface area contributed by atoms with E-state index >= 15 is 0 Å². The van der Waals surface area contributed by atoms with E-state index in [1.165, 1.54) is 11.8 Å². The maximum Gasteiger partial charge on any atom is 0.106 e. The minimum absolute atomic E-state index is 0.0303. The average molecular weight is 286 g/mol. The van der Waals surface area contributed by atoms with Crippen LogP contribution < -0.4 is 0 Å². The number of aliphatic hydroxyl groups is 1. The van der Waals surface area contributed by atoms with E-state index < -0.39 is 0 Å². The minimum atomic E-state index is -0.0303. The summed E-state index contributed by atoms with van der Waals surface area (Å²) in [6.45, 7) is -0.0303. The summed E-state index contributed by atoms with van der Waals surface area (Å²) in [7, 11) is 0. The van der Waals surface area contributed by atoms with Crippen LogP contribution in [0.25, 0.3) is 0 Å². The minimum Gasteiger partial charge on any atom is -0.392 e. The molecule has 0 aliphatic rings. The van der Waals surface area contributed by atoms with Crippen LogP contribution in [-0.2, 0) is 6.61 Å². The van der Waals surface area contributed by atoms with E-state index in [9.17, 15) is 5.11 Å². The first-order valence-electron chi connectivity index (χ1n) is 4.88. The summed E-state index contributed by atoms with van der Waals surface area (Å²) in [6, 6.07) is 9.03. The molecule has 1 aromatic heterocycles. The van der Waals surface area contributed by atoms with E-state index in [4.69, 9.17) is 23.2 Å². The molecule has 0 spiro atoms. The summed E-state index contributed by atoms with van der Waals surface area (Å²) in [4.78, 5) is 5.16. The van der Waals surface area contributed by atoms with Crippen molar-refractivity contribution in [2.45, 2.75) is 16.5 Å². The van der Waals surface area contributed by atoms with Gasteiger partial charge in [-0.1, -0.05) is 41.0 Å². The highest BCUT2D eigenvalue weighted by Gasteiger charge is 2.06. The van der Waals surface area contributed by atoms with Crippen LogP contribution in [0.3, 0.4) is 0 Å². The van der Waals surface area contributed by atoms with Gasteiger partial charge in [0.05, 0.1) is 16.7 Å². The molecule has 0 aliphatic carbocycles. The summed E-state index contributed by atoms with van der Waals surface area (Å²) >= 11 is 13.2. The summed E-state index contributed by atoms with van der Waals surface area (Å²) < 4.78 is 0. The predicted molar refractivity (Wildman–Crippen MR) is 70.7 cm³/mol. The lowest BCUT2D eigenvalue weighted by Crippen LogP contribution is -1.90. The Morgan fingerprint density at radius 3 is 2.71 bits per heavy atom. The van der Waals surface area contributed by atoms with E-state index in [-0.39, 0.29) is 6.61 Å². The maximum absolute atomic E-state index is 9.19. The van der Waals surface area contributed by atoms with Crippen molar-refractivity contribution < 1.29 is 5.11 Å². The van der Waals surface area contributed by atoms with Crippen LogP contribution >= 0.6 is 35.0 Å². The molecule has 88 valence electrons. The summed E-state index contributed by atoms with van der Waals surface area (Å²) in [5, 5.41) is 11.0. The molecule has 0 saturated carbocycles. The van der Waals surface area contributed by atoms with Gasteiger partial charge in [0.15, 0.2) is 0 Å². The van der Waals surface area contributed by atoms with Gasteiger partial charge in [0.2, 0.25) is 0 Å². The molecule has 0 bridgehead atoms. The molecule has 2 rings (SSSR count). The number of rotatable bonds is 3. The highest BCUT2D eigenvalue weighted by atomic mass is 35.5. The molecule has 1 heterocycles. The highest BCUT2D eigenvalue weighted by molar-refractivity contribution is 7.99. The number of pyridine rings is 1. The molecule has 2 nitrogen and oxygen atoms in total. The topological polar surface area (TPSA) is 33.1 Å². The first-order valence-corrected chi connectivity index (χ1v) is 6.45. The number of hydrogen-bond donors (Lipinski definition) is 1.